The minimum atomic E-state index is 0.956. The van der Waals surface area contributed by atoms with Gasteiger partial charge in [-0.1, -0.05) is 58.9 Å². The molecule has 0 radical (unpaired) electrons. The lowest BCUT2D eigenvalue weighted by Gasteiger charge is -2.16. The molecule has 1 aliphatic rings. The minimum Gasteiger partial charge on any atom is -0.0813 e. The summed E-state index contributed by atoms with van der Waals surface area (Å²) in [5.41, 5.74) is 0. The Kier molecular flexibility index (Phi) is 6.57. The van der Waals surface area contributed by atoms with Crippen LogP contribution in [0.3, 0.4) is 0 Å². The zero-order chi connectivity index (χ0) is 11.9. The summed E-state index contributed by atoms with van der Waals surface area (Å²) in [5, 5.41) is 3.58. The van der Waals surface area contributed by atoms with Crippen molar-refractivity contribution in [2.24, 2.45) is 0 Å². The number of rotatable bonds is 1. The summed E-state index contributed by atoms with van der Waals surface area (Å²) in [6.45, 7) is 2.38. The maximum atomic E-state index is 2.38. The van der Waals surface area contributed by atoms with Gasteiger partial charge in [-0.15, -0.1) is 0 Å². The van der Waals surface area contributed by atoms with E-state index >= 15 is 0 Å². The first kappa shape index (κ1) is 14.1. The molecular formula is C14H25P3. The Labute approximate surface area is 111 Å². The van der Waals surface area contributed by atoms with Crippen LogP contribution in [0, 0.1) is 6.92 Å². The summed E-state index contributed by atoms with van der Waals surface area (Å²) in [5.74, 6) is 0.956. The van der Waals surface area contributed by atoms with Gasteiger partial charge in [0, 0.05) is 0 Å². The lowest BCUT2D eigenvalue weighted by atomic mass is 9.93. The van der Waals surface area contributed by atoms with Gasteiger partial charge in [0.2, 0.25) is 0 Å². The molecule has 1 unspecified atom stereocenters. The van der Waals surface area contributed by atoms with E-state index in [9.17, 15) is 0 Å². The number of hydrogen-bond donors (Lipinski definition) is 0. The van der Waals surface area contributed by atoms with Gasteiger partial charge in [-0.05, 0) is 52.0 Å². The largest absolute Gasteiger partial charge is 0.0813 e. The Balaban J connectivity index is 1.95. The highest BCUT2D eigenvalue weighted by atomic mass is 32.1. The molecule has 1 aliphatic carbocycles. The van der Waals surface area contributed by atoms with E-state index in [4.69, 9.17) is 0 Å². The molecule has 1 aromatic rings. The first-order chi connectivity index (χ1) is 8.38. The Bertz CT molecular complexity index is 307. The average Bonchev–Trinajstić information content (AvgIpc) is 2.72. The molecule has 2 rings (SSSR count). The van der Waals surface area contributed by atoms with Gasteiger partial charge in [0.15, 0.2) is 0 Å². The summed E-state index contributed by atoms with van der Waals surface area (Å²) in [6, 6.07) is 0. The normalized spacial score (nSPS) is 22.4. The maximum Gasteiger partial charge on any atom is -0.00573 e. The third-order valence-corrected chi connectivity index (χ3v) is 10.0. The van der Waals surface area contributed by atoms with Crippen molar-refractivity contribution in [3.8, 4) is 0 Å². The molecule has 96 valence electrons. The molecule has 1 fully saturated rings. The fourth-order valence-electron chi connectivity index (χ4n) is 2.94. The highest BCUT2D eigenvalue weighted by molar-refractivity contribution is 8.17. The van der Waals surface area contributed by atoms with Crippen molar-refractivity contribution in [1.82, 2.24) is 0 Å². The second kappa shape index (κ2) is 7.94. The van der Waals surface area contributed by atoms with Crippen molar-refractivity contribution in [2.75, 3.05) is 0 Å². The van der Waals surface area contributed by atoms with Crippen LogP contribution in [0.25, 0.3) is 0 Å². The Morgan fingerprint density at radius 3 is 1.82 bits per heavy atom. The standard InChI is InChI=1S/C14H25P3/c1-12-14(16-17-15-12)13-10-8-6-4-2-3-5-7-9-11-13/h13,17H,2-11H2,1H3. The SMILES string of the molecule is Cc1p[pH]pc1C1CCCCCCCCCC1. The molecule has 0 bridgehead atoms. The highest BCUT2D eigenvalue weighted by Gasteiger charge is 2.15. The predicted octanol–water partition coefficient (Wildman–Crippen LogP) is 7.18. The predicted molar refractivity (Wildman–Crippen MR) is 84.6 cm³/mol. The number of hydrogen-bond acceptors (Lipinski definition) is 0. The first-order valence-electron chi connectivity index (χ1n) is 7.25. The third-order valence-electron chi connectivity index (χ3n) is 4.00. The molecule has 0 aromatic carbocycles. The summed E-state index contributed by atoms with van der Waals surface area (Å²) in [4.78, 5) is 0. The van der Waals surface area contributed by atoms with Crippen LogP contribution in [0.5, 0.6) is 0 Å². The van der Waals surface area contributed by atoms with E-state index in [1.165, 1.54) is 64.2 Å². The average molecular weight is 286 g/mol. The lowest BCUT2D eigenvalue weighted by Crippen LogP contribution is -1.98. The molecule has 0 amide bonds. The van der Waals surface area contributed by atoms with E-state index in [0.717, 1.165) is 13.5 Å². The Hall–Kier alpha value is 0.640. The first-order valence-corrected chi connectivity index (χ1v) is 11.7. The van der Waals surface area contributed by atoms with Crippen molar-refractivity contribution in [3.63, 3.8) is 0 Å². The van der Waals surface area contributed by atoms with E-state index in [1.54, 1.807) is 21.0 Å². The van der Waals surface area contributed by atoms with E-state index < -0.39 is 0 Å². The van der Waals surface area contributed by atoms with Crippen LogP contribution in [0.2, 0.25) is 0 Å². The topological polar surface area (TPSA) is 0 Å². The molecule has 0 nitrogen and oxygen atoms in total. The summed E-state index contributed by atoms with van der Waals surface area (Å²) in [6.07, 6.45) is 14.9. The molecule has 3 heteroatoms. The second-order valence-corrected chi connectivity index (χ2v) is 10.9. The van der Waals surface area contributed by atoms with Crippen LogP contribution in [-0.4, -0.2) is 0 Å². The van der Waals surface area contributed by atoms with E-state index in [1.807, 2.05) is 5.30 Å². The summed E-state index contributed by atoms with van der Waals surface area (Å²) >= 11 is 0. The zero-order valence-electron chi connectivity index (χ0n) is 11.0. The van der Waals surface area contributed by atoms with Gasteiger partial charge in [0.25, 0.3) is 0 Å². The van der Waals surface area contributed by atoms with Crippen molar-refractivity contribution in [1.29, 1.82) is 0 Å². The Morgan fingerprint density at radius 2 is 1.35 bits per heavy atom. The van der Waals surface area contributed by atoms with E-state index in [-0.39, 0.29) is 0 Å². The van der Waals surface area contributed by atoms with E-state index in [2.05, 4.69) is 6.92 Å². The Morgan fingerprint density at radius 1 is 0.824 bits per heavy atom. The van der Waals surface area contributed by atoms with Crippen LogP contribution in [0.15, 0.2) is 0 Å². The monoisotopic (exact) mass is 286 g/mol. The fraction of sp³-hybridized carbons (Fsp3) is 0.857. The molecule has 0 N–H and O–H groups in total. The van der Waals surface area contributed by atoms with Crippen molar-refractivity contribution in [3.05, 3.63) is 10.6 Å². The van der Waals surface area contributed by atoms with Crippen LogP contribution < -0.4 is 0 Å². The maximum absolute atomic E-state index is 2.38. The molecule has 1 aromatic heterocycles. The third kappa shape index (κ3) is 4.67. The van der Waals surface area contributed by atoms with E-state index in [0.29, 0.717) is 0 Å². The van der Waals surface area contributed by atoms with Crippen LogP contribution in [0.1, 0.15) is 80.7 Å². The highest BCUT2D eigenvalue weighted by Crippen LogP contribution is 2.47. The number of aryl methyl sites for hydroxylation is 1. The van der Waals surface area contributed by atoms with Crippen molar-refractivity contribution < 1.29 is 0 Å². The molecule has 0 saturated heterocycles. The van der Waals surface area contributed by atoms with Gasteiger partial charge in [-0.3, -0.25) is 0 Å². The molecule has 0 aliphatic heterocycles. The van der Waals surface area contributed by atoms with Crippen LogP contribution in [-0.2, 0) is 0 Å². The van der Waals surface area contributed by atoms with Gasteiger partial charge >= 0.3 is 0 Å². The quantitative estimate of drug-likeness (QED) is 0.512. The second-order valence-electron chi connectivity index (χ2n) is 5.40. The fourth-order valence-corrected chi connectivity index (χ4v) is 10.1. The van der Waals surface area contributed by atoms with Gasteiger partial charge in [0.05, 0.1) is 0 Å². The van der Waals surface area contributed by atoms with Crippen molar-refractivity contribution in [2.45, 2.75) is 77.0 Å². The molecule has 17 heavy (non-hydrogen) atoms. The summed E-state index contributed by atoms with van der Waals surface area (Å²) < 4.78 is 0. The molecule has 1 saturated carbocycles. The molecule has 0 spiro atoms. The van der Waals surface area contributed by atoms with Gasteiger partial charge < -0.3 is 0 Å². The van der Waals surface area contributed by atoms with Gasteiger partial charge in [-0.25, -0.2) is 0 Å². The minimum absolute atomic E-state index is 0.956. The van der Waals surface area contributed by atoms with Gasteiger partial charge in [-0.2, -0.15) is 0 Å². The zero-order valence-corrected chi connectivity index (χ0v) is 13.8. The van der Waals surface area contributed by atoms with Gasteiger partial charge in [0.1, 0.15) is 0 Å². The van der Waals surface area contributed by atoms with Crippen molar-refractivity contribution >= 4 is 23.3 Å². The van der Waals surface area contributed by atoms with Crippen LogP contribution >= 0.6 is 23.3 Å². The van der Waals surface area contributed by atoms with Crippen LogP contribution in [0.4, 0.5) is 0 Å². The molecule has 1 atom stereocenters. The summed E-state index contributed by atoms with van der Waals surface area (Å²) in [7, 11) is 4.49. The smallest absolute Gasteiger partial charge is 0.00573 e. The molecule has 1 heterocycles. The molecular weight excluding hydrogens is 261 g/mol. The lowest BCUT2D eigenvalue weighted by molar-refractivity contribution is 0.519.